The monoisotopic (exact) mass is 324 g/mol. The minimum atomic E-state index is -2.07. The van der Waals surface area contributed by atoms with Gasteiger partial charge in [-0.15, -0.1) is 0 Å². The second kappa shape index (κ2) is 5.45. The van der Waals surface area contributed by atoms with Gasteiger partial charge in [-0.05, 0) is 29.8 Å². The summed E-state index contributed by atoms with van der Waals surface area (Å²) >= 11 is -2.07. The molecule has 0 amide bonds. The second-order valence-corrected chi connectivity index (χ2v) is 5.93. The molecule has 0 aliphatic carbocycles. The Hall–Kier alpha value is -2.77. The van der Waals surface area contributed by atoms with Crippen molar-refractivity contribution in [2.75, 3.05) is 0 Å². The van der Waals surface area contributed by atoms with E-state index in [0.29, 0.717) is 10.6 Å². The fraction of sp³-hybridized carbons (Fsp3) is 0. The Bertz CT molecular complexity index is 1020. The maximum atomic E-state index is 11.5. The van der Waals surface area contributed by atoms with Crippen LogP contribution in [0.3, 0.4) is 0 Å². The van der Waals surface area contributed by atoms with E-state index < -0.39 is 11.1 Å². The van der Waals surface area contributed by atoms with E-state index in [2.05, 4.69) is 15.1 Å². The predicted molar refractivity (Wildman–Crippen MR) is 87.7 cm³/mol. The Kier molecular flexibility index (Phi) is 3.29. The van der Waals surface area contributed by atoms with E-state index in [4.69, 9.17) is 0 Å². The van der Waals surface area contributed by atoms with E-state index >= 15 is 0 Å². The summed E-state index contributed by atoms with van der Waals surface area (Å²) in [5.74, 6) is 0. The standard InChI is InChI=1S/C16H12N4O2S/c21-23(22)15-4-2-1-3-14(15)20-10-11(9-19-20)12-5-7-17-16-13(12)6-8-18-16/h1-10H,(H,17,18)(H,21,22). The van der Waals surface area contributed by atoms with Crippen LogP contribution in [0.5, 0.6) is 0 Å². The number of aromatic amines is 1. The van der Waals surface area contributed by atoms with Gasteiger partial charge in [0.25, 0.3) is 0 Å². The quantitative estimate of drug-likeness (QED) is 0.567. The van der Waals surface area contributed by atoms with Crippen molar-refractivity contribution < 1.29 is 8.76 Å². The predicted octanol–water partition coefficient (Wildman–Crippen LogP) is 3.00. The maximum Gasteiger partial charge on any atom is 0.188 e. The molecule has 0 saturated carbocycles. The molecule has 1 aromatic carbocycles. The van der Waals surface area contributed by atoms with Crippen molar-refractivity contribution in [3.63, 3.8) is 0 Å². The highest BCUT2D eigenvalue weighted by Crippen LogP contribution is 2.27. The van der Waals surface area contributed by atoms with Crippen molar-refractivity contribution in [3.05, 3.63) is 61.2 Å². The Morgan fingerprint density at radius 1 is 1.17 bits per heavy atom. The Morgan fingerprint density at radius 2 is 2.04 bits per heavy atom. The molecule has 0 radical (unpaired) electrons. The van der Waals surface area contributed by atoms with E-state index in [1.54, 1.807) is 35.3 Å². The van der Waals surface area contributed by atoms with Crippen LogP contribution in [-0.2, 0) is 11.1 Å². The van der Waals surface area contributed by atoms with Gasteiger partial charge in [-0.25, -0.2) is 13.9 Å². The smallest absolute Gasteiger partial charge is 0.188 e. The second-order valence-electron chi connectivity index (χ2n) is 4.99. The zero-order valence-corrected chi connectivity index (χ0v) is 12.7. The molecule has 6 nitrogen and oxygen atoms in total. The summed E-state index contributed by atoms with van der Waals surface area (Å²) in [4.78, 5) is 7.68. The minimum Gasteiger partial charge on any atom is -0.346 e. The Balaban J connectivity index is 1.84. The highest BCUT2D eigenvalue weighted by Gasteiger charge is 2.12. The molecular weight excluding hydrogens is 312 g/mol. The molecule has 1 atom stereocenters. The Labute approximate surface area is 134 Å². The number of pyridine rings is 1. The van der Waals surface area contributed by atoms with Crippen molar-refractivity contribution >= 4 is 22.1 Å². The van der Waals surface area contributed by atoms with Crippen molar-refractivity contribution in [1.82, 2.24) is 19.7 Å². The van der Waals surface area contributed by atoms with Crippen LogP contribution in [0.4, 0.5) is 0 Å². The molecule has 0 saturated heterocycles. The van der Waals surface area contributed by atoms with Crippen LogP contribution in [-0.4, -0.2) is 28.5 Å². The number of para-hydroxylation sites is 1. The first-order chi connectivity index (χ1) is 11.2. The number of hydrogen-bond donors (Lipinski definition) is 2. The van der Waals surface area contributed by atoms with Gasteiger partial charge in [0.1, 0.15) is 5.65 Å². The lowest BCUT2D eigenvalue weighted by Gasteiger charge is -2.05. The largest absolute Gasteiger partial charge is 0.346 e. The average molecular weight is 324 g/mol. The van der Waals surface area contributed by atoms with Gasteiger partial charge in [0.2, 0.25) is 0 Å². The first-order valence-electron chi connectivity index (χ1n) is 6.91. The number of rotatable bonds is 3. The lowest BCUT2D eigenvalue weighted by molar-refractivity contribution is 0.563. The van der Waals surface area contributed by atoms with Gasteiger partial charge in [-0.1, -0.05) is 12.1 Å². The van der Waals surface area contributed by atoms with Gasteiger partial charge in [-0.2, -0.15) is 5.10 Å². The summed E-state index contributed by atoms with van der Waals surface area (Å²) < 4.78 is 22.5. The van der Waals surface area contributed by atoms with E-state index in [-0.39, 0.29) is 0 Å². The van der Waals surface area contributed by atoms with Gasteiger partial charge in [0.15, 0.2) is 11.1 Å². The summed E-state index contributed by atoms with van der Waals surface area (Å²) in [6, 6.07) is 10.8. The minimum absolute atomic E-state index is 0.323. The van der Waals surface area contributed by atoms with Crippen LogP contribution >= 0.6 is 0 Å². The van der Waals surface area contributed by atoms with E-state index in [9.17, 15) is 8.76 Å². The molecule has 0 bridgehead atoms. The van der Waals surface area contributed by atoms with Gasteiger partial charge in [0.05, 0.1) is 16.8 Å². The van der Waals surface area contributed by atoms with Crippen molar-refractivity contribution in [2.24, 2.45) is 0 Å². The highest BCUT2D eigenvalue weighted by molar-refractivity contribution is 7.79. The fourth-order valence-corrected chi connectivity index (χ4v) is 3.14. The Morgan fingerprint density at radius 3 is 2.91 bits per heavy atom. The molecule has 2 N–H and O–H groups in total. The summed E-state index contributed by atoms with van der Waals surface area (Å²) in [5, 5.41) is 5.34. The van der Waals surface area contributed by atoms with Gasteiger partial charge in [0, 0.05) is 29.5 Å². The lowest BCUT2D eigenvalue weighted by Crippen LogP contribution is -2.01. The summed E-state index contributed by atoms with van der Waals surface area (Å²) in [6.45, 7) is 0. The average Bonchev–Trinajstić information content (AvgIpc) is 3.23. The number of nitrogens with zero attached hydrogens (tertiary/aromatic N) is 3. The zero-order valence-electron chi connectivity index (χ0n) is 11.9. The molecule has 4 rings (SSSR count). The molecule has 0 aliphatic rings. The lowest BCUT2D eigenvalue weighted by atomic mass is 10.1. The molecule has 3 heterocycles. The summed E-state index contributed by atoms with van der Waals surface area (Å²) in [6.07, 6.45) is 7.16. The topological polar surface area (TPSA) is 83.8 Å². The number of hydrogen-bond acceptors (Lipinski definition) is 3. The van der Waals surface area contributed by atoms with Crippen LogP contribution in [0.1, 0.15) is 0 Å². The van der Waals surface area contributed by atoms with Gasteiger partial charge in [-0.3, -0.25) is 0 Å². The molecule has 3 aromatic heterocycles. The molecule has 0 fully saturated rings. The number of H-pyrrole nitrogens is 1. The molecule has 114 valence electrons. The zero-order chi connectivity index (χ0) is 15.8. The third-order valence-corrected chi connectivity index (χ3v) is 4.38. The van der Waals surface area contributed by atoms with Gasteiger partial charge >= 0.3 is 0 Å². The van der Waals surface area contributed by atoms with Crippen LogP contribution in [0.15, 0.2) is 66.1 Å². The molecular formula is C16H12N4O2S. The number of aromatic nitrogens is 4. The van der Waals surface area contributed by atoms with Crippen LogP contribution in [0, 0.1) is 0 Å². The van der Waals surface area contributed by atoms with Crippen molar-refractivity contribution in [2.45, 2.75) is 4.90 Å². The third-order valence-electron chi connectivity index (χ3n) is 3.65. The first kappa shape index (κ1) is 13.9. The summed E-state index contributed by atoms with van der Waals surface area (Å²) in [7, 11) is 0. The molecule has 4 aromatic rings. The molecule has 1 unspecified atom stereocenters. The van der Waals surface area contributed by atoms with Crippen LogP contribution in [0.2, 0.25) is 0 Å². The molecule has 0 aliphatic heterocycles. The number of fused-ring (bicyclic) bond motifs is 1. The molecule has 23 heavy (non-hydrogen) atoms. The van der Waals surface area contributed by atoms with E-state index in [1.807, 2.05) is 30.6 Å². The number of nitrogens with one attached hydrogen (secondary N) is 1. The van der Waals surface area contributed by atoms with Crippen molar-refractivity contribution in [1.29, 1.82) is 0 Å². The first-order valence-corrected chi connectivity index (χ1v) is 8.02. The van der Waals surface area contributed by atoms with Crippen LogP contribution in [0.25, 0.3) is 27.8 Å². The maximum absolute atomic E-state index is 11.5. The highest BCUT2D eigenvalue weighted by atomic mass is 32.2. The molecule has 7 heteroatoms. The van der Waals surface area contributed by atoms with E-state index in [0.717, 1.165) is 22.2 Å². The van der Waals surface area contributed by atoms with Crippen molar-refractivity contribution in [3.8, 4) is 16.8 Å². The van der Waals surface area contributed by atoms with E-state index in [1.165, 1.54) is 0 Å². The summed E-state index contributed by atoms with van der Waals surface area (Å²) in [5.41, 5.74) is 3.31. The normalized spacial score (nSPS) is 12.6. The fourth-order valence-electron chi connectivity index (χ4n) is 2.60. The molecule has 0 spiro atoms. The SMILES string of the molecule is O=S(O)c1ccccc1-n1cc(-c2ccnc3[nH]ccc23)cn1. The van der Waals surface area contributed by atoms with Crippen LogP contribution < -0.4 is 0 Å². The number of benzene rings is 1. The third kappa shape index (κ3) is 2.36. The van der Waals surface area contributed by atoms with Gasteiger partial charge < -0.3 is 9.54 Å².